The van der Waals surface area contributed by atoms with Gasteiger partial charge in [-0.2, -0.15) is 5.10 Å². The van der Waals surface area contributed by atoms with E-state index in [1.807, 2.05) is 23.4 Å². The Morgan fingerprint density at radius 3 is 2.41 bits per heavy atom. The normalized spacial score (nSPS) is 14.8. The third-order valence-electron chi connectivity index (χ3n) is 5.75. The summed E-state index contributed by atoms with van der Waals surface area (Å²) in [4.78, 5) is 19.7. The Morgan fingerprint density at radius 1 is 1.03 bits per heavy atom. The third-order valence-corrected chi connectivity index (χ3v) is 6.56. The number of amides is 1. The van der Waals surface area contributed by atoms with Gasteiger partial charge in [-0.1, -0.05) is 42.7 Å². The Labute approximate surface area is 176 Å². The number of carbonyl (C=O) groups excluding carboxylic acids is 1. The van der Waals surface area contributed by atoms with E-state index in [0.717, 1.165) is 59.3 Å². The summed E-state index contributed by atoms with van der Waals surface area (Å²) in [5.74, 6) is 0.220. The predicted octanol–water partition coefficient (Wildman–Crippen LogP) is 4.87. The Hall–Kier alpha value is -2.47. The van der Waals surface area contributed by atoms with Gasteiger partial charge in [0.1, 0.15) is 0 Å². The highest BCUT2D eigenvalue weighted by Crippen LogP contribution is 2.27. The summed E-state index contributed by atoms with van der Waals surface area (Å²) in [6, 6.07) is 8.40. The molecule has 152 valence electrons. The first-order valence-electron chi connectivity index (χ1n) is 10.4. The summed E-state index contributed by atoms with van der Waals surface area (Å²) in [7, 11) is 0. The molecule has 1 aromatic carbocycles. The van der Waals surface area contributed by atoms with Gasteiger partial charge >= 0.3 is 0 Å². The van der Waals surface area contributed by atoms with Crippen LogP contribution >= 0.6 is 11.3 Å². The highest BCUT2D eigenvalue weighted by molar-refractivity contribution is 7.12. The molecule has 0 unspecified atom stereocenters. The van der Waals surface area contributed by atoms with Crippen molar-refractivity contribution in [3.05, 3.63) is 52.2 Å². The summed E-state index contributed by atoms with van der Waals surface area (Å²) in [6.45, 7) is 7.89. The van der Waals surface area contributed by atoms with Crippen LogP contribution in [0.25, 0.3) is 16.4 Å². The fraction of sp³-hybridized carbons (Fsp3) is 0.435. The highest BCUT2D eigenvalue weighted by atomic mass is 32.1. The molecule has 4 rings (SSSR count). The van der Waals surface area contributed by atoms with Crippen molar-refractivity contribution in [2.24, 2.45) is 0 Å². The van der Waals surface area contributed by atoms with Gasteiger partial charge in [-0.05, 0) is 33.6 Å². The lowest BCUT2D eigenvalue weighted by Crippen LogP contribution is -2.33. The second-order valence-electron chi connectivity index (χ2n) is 7.91. The quantitative estimate of drug-likeness (QED) is 0.619. The average Bonchev–Trinajstić information content (AvgIpc) is 3.17. The summed E-state index contributed by atoms with van der Waals surface area (Å²) < 4.78 is 1.89. The lowest BCUT2D eigenvalue weighted by Gasteiger charge is -2.20. The van der Waals surface area contributed by atoms with E-state index >= 15 is 0 Å². The van der Waals surface area contributed by atoms with Crippen molar-refractivity contribution in [1.82, 2.24) is 19.7 Å². The number of carbonyl (C=O) groups is 1. The number of likely N-dealkylation sites (tertiary alicyclic amines) is 1. The Morgan fingerprint density at radius 2 is 1.72 bits per heavy atom. The highest BCUT2D eigenvalue weighted by Gasteiger charge is 2.21. The maximum atomic E-state index is 12.9. The van der Waals surface area contributed by atoms with E-state index in [0.29, 0.717) is 6.42 Å². The zero-order chi connectivity index (χ0) is 20.4. The topological polar surface area (TPSA) is 51.0 Å². The summed E-state index contributed by atoms with van der Waals surface area (Å²) in [6.07, 6.45) is 5.11. The van der Waals surface area contributed by atoms with Crippen LogP contribution in [0.15, 0.2) is 29.6 Å². The van der Waals surface area contributed by atoms with Crippen LogP contribution < -0.4 is 0 Å². The molecule has 1 aliphatic heterocycles. The van der Waals surface area contributed by atoms with Crippen LogP contribution in [0, 0.1) is 20.8 Å². The zero-order valence-electron chi connectivity index (χ0n) is 17.4. The van der Waals surface area contributed by atoms with Gasteiger partial charge in [0.05, 0.1) is 17.8 Å². The molecule has 0 atom stereocenters. The number of aryl methyl sites for hydroxylation is 2. The molecule has 0 spiro atoms. The van der Waals surface area contributed by atoms with E-state index in [4.69, 9.17) is 10.1 Å². The van der Waals surface area contributed by atoms with Gasteiger partial charge in [0, 0.05) is 35.3 Å². The monoisotopic (exact) mass is 408 g/mol. The first-order chi connectivity index (χ1) is 14.0. The number of hydrogen-bond donors (Lipinski definition) is 0. The second kappa shape index (κ2) is 8.49. The first-order valence-corrected chi connectivity index (χ1v) is 11.3. The molecular formula is C23H28N4OS. The van der Waals surface area contributed by atoms with E-state index < -0.39 is 0 Å². The predicted molar refractivity (Wildman–Crippen MR) is 118 cm³/mol. The number of aromatic nitrogens is 3. The van der Waals surface area contributed by atoms with Gasteiger partial charge in [-0.15, -0.1) is 11.3 Å². The number of benzene rings is 1. The zero-order valence-corrected chi connectivity index (χ0v) is 18.3. The smallest absolute Gasteiger partial charge is 0.227 e. The van der Waals surface area contributed by atoms with Crippen molar-refractivity contribution in [3.63, 3.8) is 0 Å². The van der Waals surface area contributed by atoms with Gasteiger partial charge in [-0.3, -0.25) is 4.79 Å². The van der Waals surface area contributed by atoms with E-state index in [1.54, 1.807) is 11.3 Å². The molecular weight excluding hydrogens is 380 g/mol. The molecule has 0 radical (unpaired) electrons. The second-order valence-corrected chi connectivity index (χ2v) is 8.75. The van der Waals surface area contributed by atoms with Crippen LogP contribution in [-0.2, 0) is 11.2 Å². The molecule has 0 saturated carbocycles. The van der Waals surface area contributed by atoms with Crippen LogP contribution in [0.1, 0.15) is 48.2 Å². The van der Waals surface area contributed by atoms with Crippen LogP contribution in [0.3, 0.4) is 0 Å². The van der Waals surface area contributed by atoms with Gasteiger partial charge in [0.25, 0.3) is 0 Å². The molecule has 29 heavy (non-hydrogen) atoms. The minimum atomic E-state index is 0.220. The molecule has 0 N–H and O–H groups in total. The van der Waals surface area contributed by atoms with Crippen molar-refractivity contribution in [2.75, 3.05) is 13.1 Å². The Bertz CT molecular complexity index is 995. The molecule has 1 fully saturated rings. The van der Waals surface area contributed by atoms with Gasteiger partial charge < -0.3 is 4.90 Å². The van der Waals surface area contributed by atoms with E-state index in [-0.39, 0.29) is 5.91 Å². The molecule has 3 heterocycles. The minimum Gasteiger partial charge on any atom is -0.342 e. The number of thiazole rings is 1. The van der Waals surface area contributed by atoms with Crippen LogP contribution in [0.4, 0.5) is 0 Å². The van der Waals surface area contributed by atoms with Crippen molar-refractivity contribution in [3.8, 4) is 16.4 Å². The van der Waals surface area contributed by atoms with E-state index in [2.05, 4.69) is 36.6 Å². The van der Waals surface area contributed by atoms with Crippen molar-refractivity contribution in [2.45, 2.75) is 52.9 Å². The molecule has 1 aliphatic rings. The Balaban J connectivity index is 1.56. The van der Waals surface area contributed by atoms with Gasteiger partial charge in [0.2, 0.25) is 11.0 Å². The van der Waals surface area contributed by atoms with Crippen molar-refractivity contribution >= 4 is 17.2 Å². The fourth-order valence-corrected chi connectivity index (χ4v) is 4.75. The largest absolute Gasteiger partial charge is 0.342 e. The summed E-state index contributed by atoms with van der Waals surface area (Å²) in [5, 5.41) is 7.62. The lowest BCUT2D eigenvalue weighted by atomic mass is 10.1. The first kappa shape index (κ1) is 19.8. The third kappa shape index (κ3) is 4.27. The maximum Gasteiger partial charge on any atom is 0.227 e. The van der Waals surface area contributed by atoms with E-state index in [1.165, 1.54) is 18.4 Å². The maximum absolute atomic E-state index is 12.9. The number of rotatable bonds is 4. The SMILES string of the molecule is Cc1ccc(-c2csc(-n3nc(C)c(CC(=O)N4CCCCCC4)c3C)n2)cc1. The van der Waals surface area contributed by atoms with Gasteiger partial charge in [0.15, 0.2) is 0 Å². The molecule has 1 saturated heterocycles. The van der Waals surface area contributed by atoms with Crippen LogP contribution in [0.5, 0.6) is 0 Å². The van der Waals surface area contributed by atoms with Crippen LogP contribution in [0.2, 0.25) is 0 Å². The van der Waals surface area contributed by atoms with Crippen molar-refractivity contribution in [1.29, 1.82) is 0 Å². The molecule has 0 bridgehead atoms. The number of nitrogens with zero attached hydrogens (tertiary/aromatic N) is 4. The van der Waals surface area contributed by atoms with Crippen LogP contribution in [-0.4, -0.2) is 38.7 Å². The standard InChI is InChI=1S/C23H28N4OS/c1-16-8-10-19(11-9-16)21-15-29-23(24-21)27-18(3)20(17(2)25-27)14-22(28)26-12-6-4-5-7-13-26/h8-11,15H,4-7,12-14H2,1-3H3. The average molecular weight is 409 g/mol. The molecule has 2 aromatic heterocycles. The lowest BCUT2D eigenvalue weighted by molar-refractivity contribution is -0.130. The van der Waals surface area contributed by atoms with E-state index in [9.17, 15) is 4.79 Å². The fourth-order valence-electron chi connectivity index (χ4n) is 3.92. The molecule has 3 aromatic rings. The summed E-state index contributed by atoms with van der Waals surface area (Å²) >= 11 is 1.58. The summed E-state index contributed by atoms with van der Waals surface area (Å²) in [5.41, 5.74) is 6.26. The molecule has 5 nitrogen and oxygen atoms in total. The molecule has 0 aliphatic carbocycles. The number of hydrogen-bond acceptors (Lipinski definition) is 4. The Kier molecular flexibility index (Phi) is 5.81. The minimum absolute atomic E-state index is 0.220. The van der Waals surface area contributed by atoms with Crippen molar-refractivity contribution < 1.29 is 4.79 Å². The van der Waals surface area contributed by atoms with Gasteiger partial charge in [-0.25, -0.2) is 9.67 Å². The molecule has 1 amide bonds. The molecule has 6 heteroatoms.